The van der Waals surface area contributed by atoms with Gasteiger partial charge in [0.05, 0.1) is 6.10 Å². The highest BCUT2D eigenvalue weighted by Crippen LogP contribution is 2.27. The molecule has 3 atom stereocenters. The Morgan fingerprint density at radius 1 is 1.86 bits per heavy atom. The van der Waals surface area contributed by atoms with Gasteiger partial charge in [-0.2, -0.15) is 0 Å². The number of aliphatic hydroxyl groups is 1. The van der Waals surface area contributed by atoms with E-state index < -0.39 is 17.3 Å². The van der Waals surface area contributed by atoms with Crippen molar-refractivity contribution in [2.45, 2.75) is 23.7 Å². The topological polar surface area (TPSA) is 71.0 Å². The van der Waals surface area contributed by atoms with Crippen LogP contribution in [0, 0.1) is 0 Å². The Balaban J connectivity index is 2.89. The lowest BCUT2D eigenvalue weighted by atomic mass is 10.0. The summed E-state index contributed by atoms with van der Waals surface area (Å²) in [5.41, 5.74) is 5.39. The van der Waals surface area contributed by atoms with Gasteiger partial charge in [-0.15, -0.1) is 18.2 Å². The van der Waals surface area contributed by atoms with Crippen LogP contribution in [-0.2, 0) is 0 Å². The lowest BCUT2D eigenvalue weighted by molar-refractivity contribution is 0.175. The second-order valence-corrected chi connectivity index (χ2v) is 3.90. The van der Waals surface area contributed by atoms with Gasteiger partial charge in [0.2, 0.25) is 0 Å². The molecular weight excluding hydrogens is 225 g/mol. The van der Waals surface area contributed by atoms with E-state index in [1.54, 1.807) is 6.08 Å². The molecule has 3 N–H and O–H groups in total. The molecule has 3 unspecified atom stereocenters. The molecule has 0 saturated heterocycles. The fraction of sp³-hybridized carbons (Fsp3) is 0.500. The number of halogens is 2. The highest BCUT2D eigenvalue weighted by molar-refractivity contribution is 6.75. The molecule has 78 valence electrons. The summed E-state index contributed by atoms with van der Waals surface area (Å²) >= 11 is 11.9. The molecule has 0 radical (unpaired) electrons. The molecule has 0 aromatic carbocycles. The first-order chi connectivity index (χ1) is 6.50. The predicted octanol–water partition coefficient (Wildman–Crippen LogP) is 0.865. The Morgan fingerprint density at radius 3 is 3.00 bits per heavy atom. The van der Waals surface area contributed by atoms with E-state index in [4.69, 9.17) is 28.9 Å². The number of nitrogens with zero attached hydrogens (tertiary/aromatic N) is 2. The van der Waals surface area contributed by atoms with E-state index in [1.165, 1.54) is 6.21 Å². The van der Waals surface area contributed by atoms with Crippen molar-refractivity contribution < 1.29 is 5.11 Å². The fourth-order valence-corrected chi connectivity index (χ4v) is 1.51. The van der Waals surface area contributed by atoms with Crippen LogP contribution >= 0.6 is 23.2 Å². The Kier molecular flexibility index (Phi) is 3.66. The van der Waals surface area contributed by atoms with Crippen LogP contribution in [0.25, 0.3) is 0 Å². The maximum atomic E-state index is 9.69. The van der Waals surface area contributed by atoms with Crippen LogP contribution in [0.15, 0.2) is 22.6 Å². The number of alkyl halides is 1. The van der Waals surface area contributed by atoms with Crippen molar-refractivity contribution in [3.63, 3.8) is 0 Å². The van der Waals surface area contributed by atoms with Gasteiger partial charge in [0, 0.05) is 6.21 Å². The van der Waals surface area contributed by atoms with Gasteiger partial charge >= 0.3 is 0 Å². The molecule has 0 fully saturated rings. The maximum Gasteiger partial charge on any atom is 0.192 e. The third kappa shape index (κ3) is 2.15. The summed E-state index contributed by atoms with van der Waals surface area (Å²) < 4.78 is 0. The Labute approximate surface area is 92.1 Å². The average Bonchev–Trinajstić information content (AvgIpc) is 2.12. The van der Waals surface area contributed by atoms with Crippen molar-refractivity contribution in [1.29, 1.82) is 0 Å². The number of nitrogens with two attached hydrogens (primary N) is 1. The third-order valence-electron chi connectivity index (χ3n) is 1.85. The Hall–Kier alpha value is -0.420. The number of aliphatic hydroxyl groups excluding tert-OH is 1. The molecule has 1 heterocycles. The molecule has 0 bridgehead atoms. The van der Waals surface area contributed by atoms with Crippen LogP contribution < -0.4 is 5.73 Å². The number of hydrogen-bond acceptors (Lipinski definition) is 4. The molecule has 0 spiro atoms. The molecule has 0 aliphatic carbocycles. The van der Waals surface area contributed by atoms with Crippen molar-refractivity contribution in [2.75, 3.05) is 0 Å². The monoisotopic (exact) mass is 235 g/mol. The van der Waals surface area contributed by atoms with Gasteiger partial charge in [-0.05, 0) is 6.42 Å². The van der Waals surface area contributed by atoms with Crippen LogP contribution in [0.4, 0.5) is 0 Å². The molecule has 14 heavy (non-hydrogen) atoms. The van der Waals surface area contributed by atoms with Gasteiger partial charge in [0.25, 0.3) is 0 Å². The minimum absolute atomic E-state index is 0.0519. The first-order valence-electron chi connectivity index (χ1n) is 4.02. The van der Waals surface area contributed by atoms with Crippen LogP contribution in [0.3, 0.4) is 0 Å². The van der Waals surface area contributed by atoms with Gasteiger partial charge in [0.15, 0.2) is 11.2 Å². The molecule has 0 saturated carbocycles. The van der Waals surface area contributed by atoms with Gasteiger partial charge in [-0.3, -0.25) is 10.7 Å². The highest BCUT2D eigenvalue weighted by Gasteiger charge is 2.40. The summed E-state index contributed by atoms with van der Waals surface area (Å²) in [6.45, 7) is 3.50. The first kappa shape index (κ1) is 11.7. The Morgan fingerprint density at radius 2 is 2.50 bits per heavy atom. The van der Waals surface area contributed by atoms with Gasteiger partial charge in [-0.25, -0.2) is 4.99 Å². The van der Waals surface area contributed by atoms with Crippen LogP contribution in [0.1, 0.15) is 6.42 Å². The zero-order chi connectivity index (χ0) is 10.8. The largest absolute Gasteiger partial charge is 0.390 e. The minimum atomic E-state index is -1.27. The molecule has 1 rings (SSSR count). The molecule has 4 nitrogen and oxygen atoms in total. The van der Waals surface area contributed by atoms with E-state index in [9.17, 15) is 5.11 Å². The number of rotatable bonds is 3. The number of hydrogen-bond donors (Lipinski definition) is 2. The smallest absolute Gasteiger partial charge is 0.192 e. The van der Waals surface area contributed by atoms with Crippen molar-refractivity contribution >= 4 is 34.6 Å². The van der Waals surface area contributed by atoms with Crippen molar-refractivity contribution in [3.05, 3.63) is 12.7 Å². The summed E-state index contributed by atoms with van der Waals surface area (Å²) in [6, 6.07) is 0. The molecule has 0 aromatic rings. The standard InChI is InChI=1S/C8H11Cl2N3O/c1-2-3-5(14)8(10)4-12-7(11)13-6(8)9/h2,4-5,7,14H,1,3,11H2. The third-order valence-corrected chi connectivity index (χ3v) is 2.89. The van der Waals surface area contributed by atoms with Crippen LogP contribution in [0.2, 0.25) is 0 Å². The molecule has 0 amide bonds. The predicted molar refractivity (Wildman–Crippen MR) is 59.2 cm³/mol. The van der Waals surface area contributed by atoms with Crippen molar-refractivity contribution in [2.24, 2.45) is 15.7 Å². The summed E-state index contributed by atoms with van der Waals surface area (Å²) in [6.07, 6.45) is 1.53. The average molecular weight is 236 g/mol. The molecular formula is C8H11Cl2N3O. The lowest BCUT2D eigenvalue weighted by Crippen LogP contribution is -2.47. The van der Waals surface area contributed by atoms with E-state index in [0.717, 1.165) is 0 Å². The van der Waals surface area contributed by atoms with E-state index in [0.29, 0.717) is 6.42 Å². The van der Waals surface area contributed by atoms with E-state index in [2.05, 4.69) is 16.6 Å². The highest BCUT2D eigenvalue weighted by atomic mass is 35.5. The first-order valence-corrected chi connectivity index (χ1v) is 4.78. The van der Waals surface area contributed by atoms with Crippen molar-refractivity contribution in [1.82, 2.24) is 0 Å². The molecule has 1 aliphatic rings. The van der Waals surface area contributed by atoms with Crippen LogP contribution in [-0.4, -0.2) is 33.8 Å². The fourth-order valence-electron chi connectivity index (χ4n) is 1.04. The normalized spacial score (nSPS) is 33.7. The quantitative estimate of drug-likeness (QED) is 0.563. The minimum Gasteiger partial charge on any atom is -0.390 e. The van der Waals surface area contributed by atoms with E-state index in [1.807, 2.05) is 0 Å². The summed E-state index contributed by atoms with van der Waals surface area (Å²) in [4.78, 5) is 6.29. The van der Waals surface area contributed by atoms with E-state index in [-0.39, 0.29) is 5.17 Å². The summed E-state index contributed by atoms with van der Waals surface area (Å²) in [5, 5.41) is 9.74. The Bertz CT molecular complexity index is 292. The summed E-state index contributed by atoms with van der Waals surface area (Å²) in [5.74, 6) is 0. The maximum absolute atomic E-state index is 9.69. The zero-order valence-electron chi connectivity index (χ0n) is 7.40. The summed E-state index contributed by atoms with van der Waals surface area (Å²) in [7, 11) is 0. The van der Waals surface area contributed by atoms with E-state index >= 15 is 0 Å². The lowest BCUT2D eigenvalue weighted by Gasteiger charge is -2.29. The van der Waals surface area contributed by atoms with Crippen LogP contribution in [0.5, 0.6) is 0 Å². The second-order valence-electron chi connectivity index (χ2n) is 2.92. The SMILES string of the molecule is C=CCC(O)C1(Cl)C=NC(N)N=C1Cl. The number of aliphatic imine (C=N–C) groups is 2. The molecule has 0 aromatic heterocycles. The second kappa shape index (κ2) is 4.40. The van der Waals surface area contributed by atoms with Crippen molar-refractivity contribution in [3.8, 4) is 0 Å². The van der Waals surface area contributed by atoms with Gasteiger partial charge in [0.1, 0.15) is 5.17 Å². The van der Waals surface area contributed by atoms with Gasteiger partial charge in [-0.1, -0.05) is 17.7 Å². The van der Waals surface area contributed by atoms with Gasteiger partial charge < -0.3 is 5.11 Å². The zero-order valence-corrected chi connectivity index (χ0v) is 8.91. The molecule has 1 aliphatic heterocycles. The molecule has 6 heteroatoms.